The maximum atomic E-state index is 13.0. The van der Waals surface area contributed by atoms with Crippen molar-refractivity contribution in [1.82, 2.24) is 9.55 Å². The molecule has 0 spiro atoms. The summed E-state index contributed by atoms with van der Waals surface area (Å²) in [4.78, 5) is 19.9. The first-order valence-corrected chi connectivity index (χ1v) is 11.6. The number of fused-ring (bicyclic) bond motifs is 1. The normalized spacial score (nSPS) is 20.0. The lowest BCUT2D eigenvalue weighted by atomic mass is 9.87. The molecule has 2 heterocycles. The van der Waals surface area contributed by atoms with E-state index in [0.717, 1.165) is 35.2 Å². The van der Waals surface area contributed by atoms with E-state index in [1.807, 2.05) is 35.2 Å². The number of methoxy groups -OCH3 is 1. The monoisotopic (exact) mass is 417 g/mol. The van der Waals surface area contributed by atoms with Crippen LogP contribution in [0.5, 0.6) is 5.75 Å². The average molecular weight is 418 g/mol. The first-order chi connectivity index (χ1) is 15.2. The standard InChI is InChI=1S/C26H31N3O2/c1-31-24-14-8-7-13-23(24)29-18-20(17-25(29)30)26-27-21-11-5-6-12-22(21)28(26)16-15-19-9-3-2-4-10-19/h5-8,11-14,19-20H,2-4,9-10,15-18H2,1H3/t20-/m1/s1. The zero-order chi connectivity index (χ0) is 21.2. The van der Waals surface area contributed by atoms with Gasteiger partial charge in [0.1, 0.15) is 11.6 Å². The number of aromatic nitrogens is 2. The Morgan fingerprint density at radius 3 is 2.65 bits per heavy atom. The van der Waals surface area contributed by atoms with Crippen LogP contribution in [0.1, 0.15) is 56.7 Å². The molecular formula is C26H31N3O2. The van der Waals surface area contributed by atoms with Crippen molar-refractivity contribution in [2.75, 3.05) is 18.6 Å². The van der Waals surface area contributed by atoms with Crippen LogP contribution in [0, 0.1) is 5.92 Å². The summed E-state index contributed by atoms with van der Waals surface area (Å²) >= 11 is 0. The number of carbonyl (C=O) groups is 1. The van der Waals surface area contributed by atoms with Gasteiger partial charge >= 0.3 is 0 Å². The molecule has 0 N–H and O–H groups in total. The lowest BCUT2D eigenvalue weighted by molar-refractivity contribution is -0.117. The van der Waals surface area contributed by atoms with Gasteiger partial charge in [0.2, 0.25) is 5.91 Å². The Morgan fingerprint density at radius 2 is 1.81 bits per heavy atom. The third-order valence-electron chi connectivity index (χ3n) is 7.04. The quantitative estimate of drug-likeness (QED) is 0.529. The van der Waals surface area contributed by atoms with Crippen molar-refractivity contribution in [2.45, 2.75) is 57.4 Å². The van der Waals surface area contributed by atoms with Crippen LogP contribution in [0.15, 0.2) is 48.5 Å². The van der Waals surface area contributed by atoms with Gasteiger partial charge in [0.25, 0.3) is 0 Å². The summed E-state index contributed by atoms with van der Waals surface area (Å²) in [6, 6.07) is 16.2. The number of carbonyl (C=O) groups excluding carboxylic acids is 1. The maximum Gasteiger partial charge on any atom is 0.227 e. The highest BCUT2D eigenvalue weighted by Gasteiger charge is 2.36. The fraction of sp³-hybridized carbons (Fsp3) is 0.462. The van der Waals surface area contributed by atoms with Crippen molar-refractivity contribution in [3.63, 3.8) is 0 Å². The molecule has 1 amide bonds. The minimum Gasteiger partial charge on any atom is -0.495 e. The Morgan fingerprint density at radius 1 is 1.03 bits per heavy atom. The number of amides is 1. The number of aryl methyl sites for hydroxylation is 1. The molecule has 162 valence electrons. The second kappa shape index (κ2) is 8.74. The molecule has 31 heavy (non-hydrogen) atoms. The zero-order valence-corrected chi connectivity index (χ0v) is 18.3. The number of hydrogen-bond acceptors (Lipinski definition) is 3. The first-order valence-electron chi connectivity index (χ1n) is 11.6. The van der Waals surface area contributed by atoms with Crippen LogP contribution < -0.4 is 9.64 Å². The molecule has 5 nitrogen and oxygen atoms in total. The van der Waals surface area contributed by atoms with Crippen molar-refractivity contribution in [2.24, 2.45) is 5.92 Å². The van der Waals surface area contributed by atoms with E-state index in [0.29, 0.717) is 13.0 Å². The summed E-state index contributed by atoms with van der Waals surface area (Å²) in [5.41, 5.74) is 3.07. The highest BCUT2D eigenvalue weighted by Crippen LogP contribution is 2.37. The van der Waals surface area contributed by atoms with Gasteiger partial charge in [0, 0.05) is 25.4 Å². The molecule has 1 saturated carbocycles. The van der Waals surface area contributed by atoms with Gasteiger partial charge in [-0.3, -0.25) is 4.79 Å². The van der Waals surface area contributed by atoms with E-state index in [2.05, 4.69) is 22.8 Å². The summed E-state index contributed by atoms with van der Waals surface area (Å²) in [5.74, 6) is 2.85. The Labute approximate surface area is 184 Å². The smallest absolute Gasteiger partial charge is 0.227 e. The molecule has 0 radical (unpaired) electrons. The molecule has 2 aliphatic rings. The summed E-state index contributed by atoms with van der Waals surface area (Å²) in [6.07, 6.45) is 8.52. The van der Waals surface area contributed by atoms with Crippen LogP contribution in [-0.2, 0) is 11.3 Å². The summed E-state index contributed by atoms with van der Waals surface area (Å²) < 4.78 is 7.91. The molecule has 1 aliphatic heterocycles. The molecular weight excluding hydrogens is 386 g/mol. The van der Waals surface area contributed by atoms with E-state index in [1.54, 1.807) is 7.11 Å². The summed E-state index contributed by atoms with van der Waals surface area (Å²) in [7, 11) is 1.65. The van der Waals surface area contributed by atoms with Crippen molar-refractivity contribution in [1.29, 1.82) is 0 Å². The molecule has 2 fully saturated rings. The van der Waals surface area contributed by atoms with E-state index in [4.69, 9.17) is 9.72 Å². The number of benzene rings is 2. The SMILES string of the molecule is COc1ccccc1N1C[C@H](c2nc3ccccc3n2CCC2CCCCC2)CC1=O. The van der Waals surface area contributed by atoms with Crippen LogP contribution >= 0.6 is 0 Å². The number of nitrogens with zero attached hydrogens (tertiary/aromatic N) is 3. The average Bonchev–Trinajstić information content (AvgIpc) is 3.38. The highest BCUT2D eigenvalue weighted by atomic mass is 16.5. The van der Waals surface area contributed by atoms with Crippen LogP contribution in [0.25, 0.3) is 11.0 Å². The largest absolute Gasteiger partial charge is 0.495 e. The van der Waals surface area contributed by atoms with Gasteiger partial charge in [-0.2, -0.15) is 0 Å². The van der Waals surface area contributed by atoms with Crippen LogP contribution in [0.3, 0.4) is 0 Å². The molecule has 5 heteroatoms. The second-order valence-electron chi connectivity index (χ2n) is 8.98. The van der Waals surface area contributed by atoms with E-state index < -0.39 is 0 Å². The number of rotatable bonds is 6. The van der Waals surface area contributed by atoms with Gasteiger partial charge in [-0.25, -0.2) is 4.98 Å². The molecule has 2 aromatic carbocycles. The maximum absolute atomic E-state index is 13.0. The number of anilines is 1. The van der Waals surface area contributed by atoms with Gasteiger partial charge in [-0.1, -0.05) is 56.4 Å². The molecule has 1 saturated heterocycles. The Balaban J connectivity index is 1.43. The topological polar surface area (TPSA) is 47.4 Å². The third kappa shape index (κ3) is 3.93. The first kappa shape index (κ1) is 20.1. The number of para-hydroxylation sites is 4. The minimum atomic E-state index is 0.0937. The van der Waals surface area contributed by atoms with E-state index in [1.165, 1.54) is 44.0 Å². The Hall–Kier alpha value is -2.82. The van der Waals surface area contributed by atoms with Crippen molar-refractivity contribution >= 4 is 22.6 Å². The lowest BCUT2D eigenvalue weighted by Crippen LogP contribution is -2.25. The van der Waals surface area contributed by atoms with Crippen LogP contribution in [0.4, 0.5) is 5.69 Å². The fourth-order valence-corrected chi connectivity index (χ4v) is 5.39. The van der Waals surface area contributed by atoms with Crippen molar-refractivity contribution in [3.05, 3.63) is 54.4 Å². The van der Waals surface area contributed by atoms with Gasteiger partial charge in [-0.05, 0) is 36.6 Å². The Kier molecular flexibility index (Phi) is 5.66. The van der Waals surface area contributed by atoms with Crippen LogP contribution in [-0.4, -0.2) is 29.1 Å². The second-order valence-corrected chi connectivity index (χ2v) is 8.98. The molecule has 0 unspecified atom stereocenters. The minimum absolute atomic E-state index is 0.0937. The van der Waals surface area contributed by atoms with Gasteiger partial charge in [0.05, 0.1) is 23.8 Å². The predicted octanol–water partition coefficient (Wildman–Crippen LogP) is 5.54. The Bertz CT molecular complexity index is 1070. The lowest BCUT2D eigenvalue weighted by Gasteiger charge is -2.23. The summed E-state index contributed by atoms with van der Waals surface area (Å²) in [6.45, 7) is 1.63. The van der Waals surface area contributed by atoms with Crippen molar-refractivity contribution in [3.8, 4) is 5.75 Å². The molecule has 1 atom stereocenters. The van der Waals surface area contributed by atoms with Gasteiger partial charge in [0.15, 0.2) is 0 Å². The molecule has 5 rings (SSSR count). The zero-order valence-electron chi connectivity index (χ0n) is 18.3. The molecule has 1 aromatic heterocycles. The molecule has 0 bridgehead atoms. The number of imidazole rings is 1. The third-order valence-corrected chi connectivity index (χ3v) is 7.04. The van der Waals surface area contributed by atoms with Crippen LogP contribution in [0.2, 0.25) is 0 Å². The predicted molar refractivity (Wildman–Crippen MR) is 124 cm³/mol. The van der Waals surface area contributed by atoms with Gasteiger partial charge in [-0.15, -0.1) is 0 Å². The molecule has 1 aliphatic carbocycles. The van der Waals surface area contributed by atoms with Crippen molar-refractivity contribution < 1.29 is 9.53 Å². The molecule has 3 aromatic rings. The van der Waals surface area contributed by atoms with Gasteiger partial charge < -0.3 is 14.2 Å². The highest BCUT2D eigenvalue weighted by molar-refractivity contribution is 5.97. The van der Waals surface area contributed by atoms with E-state index in [-0.39, 0.29) is 11.8 Å². The van der Waals surface area contributed by atoms with E-state index >= 15 is 0 Å². The number of ether oxygens (including phenoxy) is 1. The number of hydrogen-bond donors (Lipinski definition) is 0. The fourth-order valence-electron chi connectivity index (χ4n) is 5.39. The van der Waals surface area contributed by atoms with E-state index in [9.17, 15) is 4.79 Å². The summed E-state index contributed by atoms with van der Waals surface area (Å²) in [5, 5.41) is 0.